The third-order valence-corrected chi connectivity index (χ3v) is 4.52. The molecule has 0 saturated heterocycles. The Kier molecular flexibility index (Phi) is 5.57. The van der Waals surface area contributed by atoms with E-state index in [0.717, 1.165) is 16.7 Å². The van der Waals surface area contributed by atoms with Gasteiger partial charge in [-0.3, -0.25) is 0 Å². The van der Waals surface area contributed by atoms with E-state index < -0.39 is 15.9 Å². The van der Waals surface area contributed by atoms with Crippen LogP contribution in [0.4, 0.5) is 0 Å². The van der Waals surface area contributed by atoms with Gasteiger partial charge in [-0.05, 0) is 0 Å². The lowest BCUT2D eigenvalue weighted by molar-refractivity contribution is -0.150. The molecular formula is C21H16BrClO2. The largest absolute Gasteiger partial charge is 0.442 e. The molecule has 1 atom stereocenters. The van der Waals surface area contributed by atoms with Gasteiger partial charge in [0, 0.05) is 16.7 Å². The van der Waals surface area contributed by atoms with Gasteiger partial charge in [0.1, 0.15) is 0 Å². The van der Waals surface area contributed by atoms with E-state index in [4.69, 9.17) is 16.3 Å². The van der Waals surface area contributed by atoms with Crippen LogP contribution in [0.2, 0.25) is 0 Å². The van der Waals surface area contributed by atoms with Crippen LogP contribution in [0.5, 0.6) is 0 Å². The Morgan fingerprint density at radius 2 is 1.08 bits per heavy atom. The number of carbonyl (C=O) groups excluding carboxylic acids is 1. The second-order valence-corrected chi connectivity index (χ2v) is 7.38. The Morgan fingerprint density at radius 1 is 0.760 bits per heavy atom. The highest BCUT2D eigenvalue weighted by Crippen LogP contribution is 2.41. The van der Waals surface area contributed by atoms with E-state index in [2.05, 4.69) is 15.9 Å². The number of alkyl halides is 2. The van der Waals surface area contributed by atoms with Crippen LogP contribution in [0, 0.1) is 0 Å². The van der Waals surface area contributed by atoms with Gasteiger partial charge >= 0.3 is 5.97 Å². The zero-order chi connectivity index (χ0) is 17.7. The first kappa shape index (κ1) is 17.7. The molecule has 0 N–H and O–H groups in total. The molecular weight excluding hydrogens is 400 g/mol. The summed E-state index contributed by atoms with van der Waals surface area (Å²) in [4.78, 5) is 12.5. The average molecular weight is 416 g/mol. The van der Waals surface area contributed by atoms with Crippen molar-refractivity contribution in [3.63, 3.8) is 0 Å². The van der Waals surface area contributed by atoms with Gasteiger partial charge in [0.15, 0.2) is 9.89 Å². The summed E-state index contributed by atoms with van der Waals surface area (Å²) in [5, 5.41) is 0. The summed E-state index contributed by atoms with van der Waals surface area (Å²) in [5.74, 6) is -0.543. The summed E-state index contributed by atoms with van der Waals surface area (Å²) in [7, 11) is 0. The molecule has 0 fully saturated rings. The first-order valence-corrected chi connectivity index (χ1v) is 9.17. The van der Waals surface area contributed by atoms with Crippen molar-refractivity contribution in [1.82, 2.24) is 0 Å². The van der Waals surface area contributed by atoms with E-state index in [1.807, 2.05) is 91.0 Å². The van der Waals surface area contributed by atoms with Crippen LogP contribution in [-0.4, -0.2) is 10.3 Å². The molecule has 0 saturated carbocycles. The molecule has 0 aliphatic carbocycles. The maximum atomic E-state index is 12.5. The summed E-state index contributed by atoms with van der Waals surface area (Å²) in [6.07, 6.45) is 0. The molecule has 0 aliphatic heterocycles. The van der Waals surface area contributed by atoms with Crippen LogP contribution in [0.25, 0.3) is 0 Å². The SMILES string of the molecule is O=C(OC(c1ccccc1)(c1ccccc1)c1ccccc1)C(Cl)Br. The molecule has 0 amide bonds. The molecule has 25 heavy (non-hydrogen) atoms. The highest BCUT2D eigenvalue weighted by molar-refractivity contribution is 9.10. The number of rotatable bonds is 5. The van der Waals surface area contributed by atoms with Crippen molar-refractivity contribution in [1.29, 1.82) is 0 Å². The predicted octanol–water partition coefficient (Wildman–Crippen LogP) is 5.48. The zero-order valence-corrected chi connectivity index (χ0v) is 15.7. The molecule has 3 rings (SSSR count). The number of carbonyl (C=O) groups is 1. The molecule has 0 spiro atoms. The first-order chi connectivity index (χ1) is 12.1. The smallest absolute Gasteiger partial charge is 0.336 e. The van der Waals surface area contributed by atoms with Gasteiger partial charge in [-0.15, -0.1) is 0 Å². The Balaban J connectivity index is 2.29. The predicted molar refractivity (Wildman–Crippen MR) is 104 cm³/mol. The number of hydrogen-bond donors (Lipinski definition) is 0. The van der Waals surface area contributed by atoms with Gasteiger partial charge in [-0.1, -0.05) is 119 Å². The summed E-state index contributed by atoms with van der Waals surface area (Å²) in [6.45, 7) is 0. The minimum Gasteiger partial charge on any atom is -0.442 e. The van der Waals surface area contributed by atoms with E-state index in [9.17, 15) is 4.79 Å². The first-order valence-electron chi connectivity index (χ1n) is 7.82. The second kappa shape index (κ2) is 7.85. The molecule has 0 radical (unpaired) electrons. The minimum atomic E-state index is -1.08. The highest BCUT2D eigenvalue weighted by Gasteiger charge is 2.41. The molecule has 2 nitrogen and oxygen atoms in total. The topological polar surface area (TPSA) is 26.3 Å². The number of benzene rings is 3. The van der Waals surface area contributed by atoms with Gasteiger partial charge < -0.3 is 4.74 Å². The molecule has 0 aromatic heterocycles. The van der Waals surface area contributed by atoms with Crippen LogP contribution in [-0.2, 0) is 15.1 Å². The highest BCUT2D eigenvalue weighted by atomic mass is 79.9. The lowest BCUT2D eigenvalue weighted by Gasteiger charge is -2.35. The normalized spacial score (nSPS) is 12.4. The quantitative estimate of drug-likeness (QED) is 0.313. The Labute approximate surface area is 160 Å². The summed E-state index contributed by atoms with van der Waals surface area (Å²) in [6, 6.07) is 29.0. The number of hydrogen-bond acceptors (Lipinski definition) is 2. The van der Waals surface area contributed by atoms with Crippen LogP contribution in [0.15, 0.2) is 91.0 Å². The van der Waals surface area contributed by atoms with E-state index in [-0.39, 0.29) is 0 Å². The fraction of sp³-hybridized carbons (Fsp3) is 0.0952. The van der Waals surface area contributed by atoms with Crippen molar-refractivity contribution in [3.05, 3.63) is 108 Å². The van der Waals surface area contributed by atoms with Gasteiger partial charge in [0.25, 0.3) is 0 Å². The fourth-order valence-electron chi connectivity index (χ4n) is 2.89. The maximum Gasteiger partial charge on any atom is 0.336 e. The fourth-order valence-corrected chi connectivity index (χ4v) is 3.03. The van der Waals surface area contributed by atoms with E-state index in [1.54, 1.807) is 0 Å². The molecule has 0 aliphatic rings. The van der Waals surface area contributed by atoms with Gasteiger partial charge in [-0.2, -0.15) is 0 Å². The lowest BCUT2D eigenvalue weighted by Crippen LogP contribution is -2.36. The van der Waals surface area contributed by atoms with Crippen molar-refractivity contribution in [2.24, 2.45) is 0 Å². The minimum absolute atomic E-state index is 0.543. The molecule has 3 aromatic carbocycles. The van der Waals surface area contributed by atoms with Crippen LogP contribution in [0.3, 0.4) is 0 Å². The lowest BCUT2D eigenvalue weighted by atomic mass is 9.80. The van der Waals surface area contributed by atoms with E-state index in [0.29, 0.717) is 0 Å². The molecule has 4 heteroatoms. The third-order valence-electron chi connectivity index (χ3n) is 3.97. The van der Waals surface area contributed by atoms with Crippen molar-refractivity contribution in [2.75, 3.05) is 0 Å². The zero-order valence-electron chi connectivity index (χ0n) is 13.3. The van der Waals surface area contributed by atoms with Crippen LogP contribution in [0.1, 0.15) is 16.7 Å². The monoisotopic (exact) mass is 414 g/mol. The van der Waals surface area contributed by atoms with Crippen LogP contribution >= 0.6 is 27.5 Å². The third kappa shape index (κ3) is 3.63. The Morgan fingerprint density at radius 3 is 1.36 bits per heavy atom. The Bertz CT molecular complexity index is 724. The van der Waals surface area contributed by atoms with Crippen molar-refractivity contribution < 1.29 is 9.53 Å². The van der Waals surface area contributed by atoms with Crippen LogP contribution < -0.4 is 0 Å². The molecule has 126 valence electrons. The summed E-state index contributed by atoms with van der Waals surface area (Å²) < 4.78 is 5.11. The molecule has 1 unspecified atom stereocenters. The standard InChI is InChI=1S/C21H16BrClO2/c22-19(23)20(24)25-21(16-10-4-1-5-11-16,17-12-6-2-7-13-17)18-14-8-3-9-15-18/h1-15,19H. The maximum absolute atomic E-state index is 12.5. The molecule has 0 heterocycles. The van der Waals surface area contributed by atoms with Gasteiger partial charge in [-0.25, -0.2) is 4.79 Å². The molecule has 3 aromatic rings. The average Bonchev–Trinajstić information content (AvgIpc) is 2.68. The summed E-state index contributed by atoms with van der Waals surface area (Å²) in [5.41, 5.74) is 1.48. The van der Waals surface area contributed by atoms with Crippen molar-refractivity contribution >= 4 is 33.5 Å². The van der Waals surface area contributed by atoms with E-state index in [1.165, 1.54) is 0 Å². The van der Waals surface area contributed by atoms with Crippen molar-refractivity contribution in [3.8, 4) is 0 Å². The van der Waals surface area contributed by atoms with Gasteiger partial charge in [0.05, 0.1) is 0 Å². The molecule has 0 bridgehead atoms. The number of esters is 1. The van der Waals surface area contributed by atoms with E-state index >= 15 is 0 Å². The Hall–Kier alpha value is -2.10. The number of ether oxygens (including phenoxy) is 1. The summed E-state index contributed by atoms with van der Waals surface area (Å²) >= 11 is 9.04. The van der Waals surface area contributed by atoms with Crippen molar-refractivity contribution in [2.45, 2.75) is 9.89 Å². The number of halogens is 2. The second-order valence-electron chi connectivity index (χ2n) is 5.50. The van der Waals surface area contributed by atoms with Gasteiger partial charge in [0.2, 0.25) is 0 Å².